The third-order valence-corrected chi connectivity index (χ3v) is 4.97. The first kappa shape index (κ1) is 19.4. The highest BCUT2D eigenvalue weighted by molar-refractivity contribution is 6.34. The second kappa shape index (κ2) is 8.63. The van der Waals surface area contributed by atoms with Crippen LogP contribution >= 0.6 is 23.2 Å². The molecule has 29 heavy (non-hydrogen) atoms. The Labute approximate surface area is 177 Å². The number of hydrogen-bond donors (Lipinski definition) is 1. The standard InChI is InChI=1S/C20H17Cl2N5O2/c21-14-5-1-2-6-16(14)29-17-11-13(7-8-23-17)25-19(28)18-15(22)12-24-20(26-18)27-9-3-4-10-27/h1-2,5-8,11-12H,3-4,9-10H2,(H,23,25,28). The third-order valence-electron chi connectivity index (χ3n) is 4.38. The molecule has 0 unspecified atom stereocenters. The zero-order chi connectivity index (χ0) is 20.2. The number of hydrogen-bond acceptors (Lipinski definition) is 6. The lowest BCUT2D eigenvalue weighted by Gasteiger charge is -2.16. The molecular weight excluding hydrogens is 413 g/mol. The van der Waals surface area contributed by atoms with Gasteiger partial charge in [0.15, 0.2) is 5.69 Å². The van der Waals surface area contributed by atoms with Crippen LogP contribution in [0.25, 0.3) is 0 Å². The van der Waals surface area contributed by atoms with Gasteiger partial charge in [0.1, 0.15) is 5.75 Å². The quantitative estimate of drug-likeness (QED) is 0.625. The summed E-state index contributed by atoms with van der Waals surface area (Å²) in [6.07, 6.45) is 5.14. The number of anilines is 2. The molecule has 0 atom stereocenters. The summed E-state index contributed by atoms with van der Waals surface area (Å²) in [6, 6.07) is 10.3. The minimum absolute atomic E-state index is 0.119. The fourth-order valence-electron chi connectivity index (χ4n) is 2.96. The first-order chi connectivity index (χ1) is 14.1. The Morgan fingerprint density at radius 2 is 1.86 bits per heavy atom. The summed E-state index contributed by atoms with van der Waals surface area (Å²) in [7, 11) is 0. The van der Waals surface area contributed by atoms with E-state index in [-0.39, 0.29) is 10.7 Å². The maximum absolute atomic E-state index is 12.7. The average Bonchev–Trinajstić information content (AvgIpc) is 3.25. The number of ether oxygens (including phenoxy) is 1. The van der Waals surface area contributed by atoms with Crippen molar-refractivity contribution in [3.8, 4) is 11.6 Å². The molecule has 9 heteroatoms. The number of carbonyl (C=O) groups is 1. The van der Waals surface area contributed by atoms with Crippen LogP contribution in [-0.2, 0) is 0 Å². The minimum Gasteiger partial charge on any atom is -0.437 e. The average molecular weight is 430 g/mol. The molecule has 0 bridgehead atoms. The molecule has 0 aliphatic carbocycles. The SMILES string of the molecule is O=C(Nc1ccnc(Oc2ccccc2Cl)c1)c1nc(N2CCCC2)ncc1Cl. The third kappa shape index (κ3) is 4.58. The molecule has 7 nitrogen and oxygen atoms in total. The molecule has 1 N–H and O–H groups in total. The Morgan fingerprint density at radius 3 is 2.66 bits per heavy atom. The van der Waals surface area contributed by atoms with Crippen molar-refractivity contribution >= 4 is 40.7 Å². The summed E-state index contributed by atoms with van der Waals surface area (Å²) in [5.41, 5.74) is 0.610. The van der Waals surface area contributed by atoms with Crippen LogP contribution in [0.5, 0.6) is 11.6 Å². The van der Waals surface area contributed by atoms with Gasteiger partial charge in [-0.2, -0.15) is 0 Å². The number of nitrogens with one attached hydrogen (secondary N) is 1. The molecule has 0 radical (unpaired) electrons. The van der Waals surface area contributed by atoms with E-state index in [1.807, 2.05) is 11.0 Å². The van der Waals surface area contributed by atoms with E-state index in [1.54, 1.807) is 30.3 Å². The van der Waals surface area contributed by atoms with Gasteiger partial charge in [-0.3, -0.25) is 4.79 Å². The number of benzene rings is 1. The van der Waals surface area contributed by atoms with Gasteiger partial charge in [-0.15, -0.1) is 0 Å². The number of amides is 1. The van der Waals surface area contributed by atoms with Crippen LogP contribution in [0.4, 0.5) is 11.6 Å². The van der Waals surface area contributed by atoms with E-state index in [4.69, 9.17) is 27.9 Å². The summed E-state index contributed by atoms with van der Waals surface area (Å²) in [6.45, 7) is 1.74. The molecule has 4 rings (SSSR count). The summed E-state index contributed by atoms with van der Waals surface area (Å²) in [4.78, 5) is 27.5. The Morgan fingerprint density at radius 1 is 1.07 bits per heavy atom. The van der Waals surface area contributed by atoms with E-state index in [0.717, 1.165) is 25.9 Å². The van der Waals surface area contributed by atoms with Crippen LogP contribution in [0.15, 0.2) is 48.8 Å². The van der Waals surface area contributed by atoms with Gasteiger partial charge < -0.3 is 15.0 Å². The van der Waals surface area contributed by atoms with E-state index < -0.39 is 5.91 Å². The summed E-state index contributed by atoms with van der Waals surface area (Å²) >= 11 is 12.3. The Bertz CT molecular complexity index is 1040. The second-order valence-electron chi connectivity index (χ2n) is 6.43. The number of halogens is 2. The smallest absolute Gasteiger partial charge is 0.276 e. The van der Waals surface area contributed by atoms with Crippen molar-refractivity contribution in [1.82, 2.24) is 15.0 Å². The van der Waals surface area contributed by atoms with Crippen molar-refractivity contribution in [2.24, 2.45) is 0 Å². The highest BCUT2D eigenvalue weighted by Gasteiger charge is 2.20. The molecule has 0 spiro atoms. The van der Waals surface area contributed by atoms with Crippen LogP contribution < -0.4 is 15.0 Å². The Balaban J connectivity index is 1.51. The van der Waals surface area contributed by atoms with Gasteiger partial charge in [-0.1, -0.05) is 35.3 Å². The number of aromatic nitrogens is 3. The normalized spacial score (nSPS) is 13.4. The lowest BCUT2D eigenvalue weighted by atomic mass is 10.3. The molecule has 1 saturated heterocycles. The lowest BCUT2D eigenvalue weighted by Crippen LogP contribution is -2.23. The monoisotopic (exact) mass is 429 g/mol. The summed E-state index contributed by atoms with van der Waals surface area (Å²) in [5, 5.41) is 3.42. The Hall–Kier alpha value is -2.90. The predicted octanol–water partition coefficient (Wildman–Crippen LogP) is 4.82. The van der Waals surface area contributed by atoms with Gasteiger partial charge in [0.25, 0.3) is 5.91 Å². The number of carbonyl (C=O) groups excluding carboxylic acids is 1. The van der Waals surface area contributed by atoms with Gasteiger partial charge in [-0.05, 0) is 31.0 Å². The van der Waals surface area contributed by atoms with Crippen LogP contribution in [-0.4, -0.2) is 33.9 Å². The summed E-state index contributed by atoms with van der Waals surface area (Å²) in [5.74, 6) is 0.837. The van der Waals surface area contributed by atoms with Gasteiger partial charge in [-0.25, -0.2) is 15.0 Å². The fourth-order valence-corrected chi connectivity index (χ4v) is 3.31. The molecular formula is C20H17Cl2N5O2. The molecule has 1 aliphatic rings. The minimum atomic E-state index is -0.437. The van der Waals surface area contributed by atoms with E-state index in [2.05, 4.69) is 20.3 Å². The lowest BCUT2D eigenvalue weighted by molar-refractivity contribution is 0.102. The maximum atomic E-state index is 12.7. The van der Waals surface area contributed by atoms with Crippen LogP contribution in [0.2, 0.25) is 10.0 Å². The molecule has 2 aromatic heterocycles. The van der Waals surface area contributed by atoms with Crippen molar-refractivity contribution in [3.63, 3.8) is 0 Å². The molecule has 148 valence electrons. The van der Waals surface area contributed by atoms with E-state index in [9.17, 15) is 4.79 Å². The Kier molecular flexibility index (Phi) is 5.78. The van der Waals surface area contributed by atoms with E-state index >= 15 is 0 Å². The van der Waals surface area contributed by atoms with Gasteiger partial charge in [0.05, 0.1) is 16.2 Å². The molecule has 3 heterocycles. The van der Waals surface area contributed by atoms with Crippen LogP contribution in [0.3, 0.4) is 0 Å². The molecule has 1 aliphatic heterocycles. The topological polar surface area (TPSA) is 80.2 Å². The van der Waals surface area contributed by atoms with Crippen molar-refractivity contribution in [2.75, 3.05) is 23.3 Å². The van der Waals surface area contributed by atoms with Gasteiger partial charge in [0, 0.05) is 31.0 Å². The first-order valence-corrected chi connectivity index (χ1v) is 9.83. The van der Waals surface area contributed by atoms with Gasteiger partial charge in [0.2, 0.25) is 11.8 Å². The largest absolute Gasteiger partial charge is 0.437 e. The molecule has 3 aromatic rings. The van der Waals surface area contributed by atoms with Crippen molar-refractivity contribution in [1.29, 1.82) is 0 Å². The first-order valence-electron chi connectivity index (χ1n) is 9.07. The molecule has 0 saturated carbocycles. The van der Waals surface area contributed by atoms with Crippen molar-refractivity contribution in [2.45, 2.75) is 12.8 Å². The molecule has 1 amide bonds. The maximum Gasteiger partial charge on any atom is 0.276 e. The van der Waals surface area contributed by atoms with Crippen molar-refractivity contribution < 1.29 is 9.53 Å². The molecule has 1 fully saturated rings. The van der Waals surface area contributed by atoms with E-state index in [1.165, 1.54) is 12.4 Å². The molecule has 1 aromatic carbocycles. The van der Waals surface area contributed by atoms with Gasteiger partial charge >= 0.3 is 0 Å². The highest BCUT2D eigenvalue weighted by atomic mass is 35.5. The fraction of sp³-hybridized carbons (Fsp3) is 0.200. The zero-order valence-corrected chi connectivity index (χ0v) is 16.8. The van der Waals surface area contributed by atoms with Crippen LogP contribution in [0, 0.1) is 0 Å². The van der Waals surface area contributed by atoms with Crippen LogP contribution in [0.1, 0.15) is 23.3 Å². The second-order valence-corrected chi connectivity index (χ2v) is 7.24. The number of nitrogens with zero attached hydrogens (tertiary/aromatic N) is 4. The summed E-state index contributed by atoms with van der Waals surface area (Å²) < 4.78 is 5.69. The number of para-hydroxylation sites is 1. The zero-order valence-electron chi connectivity index (χ0n) is 15.3. The van der Waals surface area contributed by atoms with Crippen molar-refractivity contribution in [3.05, 3.63) is 64.5 Å². The predicted molar refractivity (Wildman–Crippen MR) is 112 cm³/mol. The van der Waals surface area contributed by atoms with E-state index in [0.29, 0.717) is 28.3 Å². The highest BCUT2D eigenvalue weighted by Crippen LogP contribution is 2.29. The number of rotatable bonds is 5. The number of pyridine rings is 1.